The van der Waals surface area contributed by atoms with E-state index in [1.54, 1.807) is 0 Å². The first-order chi connectivity index (χ1) is 23.6. The van der Waals surface area contributed by atoms with E-state index >= 15 is 0 Å². The molecule has 9 aromatic rings. The average molecular weight is 613 g/mol. The average Bonchev–Trinajstić information content (AvgIpc) is 3.63. The molecule has 1 aliphatic carbocycles. The van der Waals surface area contributed by atoms with Crippen molar-refractivity contribution in [3.05, 3.63) is 169 Å². The molecule has 0 amide bonds. The molecular formula is C47H32O. The molecule has 0 atom stereocenters. The van der Waals surface area contributed by atoms with Crippen molar-refractivity contribution in [2.24, 2.45) is 0 Å². The zero-order valence-corrected chi connectivity index (χ0v) is 26.9. The molecule has 0 N–H and O–H groups in total. The summed E-state index contributed by atoms with van der Waals surface area (Å²) >= 11 is 0. The minimum Gasteiger partial charge on any atom is -0.455 e. The van der Waals surface area contributed by atoms with Crippen LogP contribution in [0.25, 0.3) is 88.0 Å². The van der Waals surface area contributed by atoms with Crippen molar-refractivity contribution < 1.29 is 4.42 Å². The lowest BCUT2D eigenvalue weighted by atomic mass is 9.80. The van der Waals surface area contributed by atoms with Gasteiger partial charge in [-0.3, -0.25) is 0 Å². The van der Waals surface area contributed by atoms with Gasteiger partial charge in [0.15, 0.2) is 0 Å². The molecule has 0 aliphatic heterocycles. The van der Waals surface area contributed by atoms with Crippen LogP contribution in [-0.2, 0) is 5.41 Å². The van der Waals surface area contributed by atoms with Crippen LogP contribution < -0.4 is 0 Å². The third-order valence-corrected chi connectivity index (χ3v) is 10.7. The molecule has 1 aromatic heterocycles. The summed E-state index contributed by atoms with van der Waals surface area (Å²) in [6.45, 7) is 4.73. The zero-order chi connectivity index (χ0) is 32.0. The maximum atomic E-state index is 6.67. The topological polar surface area (TPSA) is 13.1 Å². The Labute approximate surface area is 279 Å². The molecule has 226 valence electrons. The Morgan fingerprint density at radius 2 is 0.958 bits per heavy atom. The molecule has 0 saturated carbocycles. The maximum Gasteiger partial charge on any atom is 0.143 e. The summed E-state index contributed by atoms with van der Waals surface area (Å²) in [6.07, 6.45) is 0. The molecule has 1 aliphatic rings. The molecule has 0 saturated heterocycles. The molecule has 1 nitrogen and oxygen atoms in total. The predicted molar refractivity (Wildman–Crippen MR) is 203 cm³/mol. The first-order valence-corrected chi connectivity index (χ1v) is 16.8. The first-order valence-electron chi connectivity index (χ1n) is 16.8. The van der Waals surface area contributed by atoms with E-state index < -0.39 is 0 Å². The van der Waals surface area contributed by atoms with Crippen LogP contribution >= 0.6 is 0 Å². The van der Waals surface area contributed by atoms with E-state index in [1.807, 2.05) is 6.07 Å². The highest BCUT2D eigenvalue weighted by atomic mass is 16.3. The maximum absolute atomic E-state index is 6.67. The summed E-state index contributed by atoms with van der Waals surface area (Å²) in [5.41, 5.74) is 14.5. The normalized spacial score (nSPS) is 13.4. The van der Waals surface area contributed by atoms with Crippen molar-refractivity contribution in [2.45, 2.75) is 19.3 Å². The fourth-order valence-electron chi connectivity index (χ4n) is 8.48. The van der Waals surface area contributed by atoms with E-state index in [2.05, 4.69) is 166 Å². The van der Waals surface area contributed by atoms with Crippen molar-refractivity contribution in [3.63, 3.8) is 0 Å². The number of furan rings is 1. The number of para-hydroxylation sites is 2. The van der Waals surface area contributed by atoms with E-state index in [0.29, 0.717) is 0 Å². The Bertz CT molecular complexity index is 2740. The fraction of sp³-hybridized carbons (Fsp3) is 0.0638. The first kappa shape index (κ1) is 27.2. The van der Waals surface area contributed by atoms with E-state index in [1.165, 1.54) is 71.6 Å². The summed E-state index contributed by atoms with van der Waals surface area (Å²) < 4.78 is 6.67. The van der Waals surface area contributed by atoms with Crippen LogP contribution in [0.4, 0.5) is 0 Å². The SMILES string of the molecule is CC1(C)c2ccccc2-c2c(-c3c4ccccc4c(-c4cccc5c4oc4ccccc45)c4ccc(-c5ccccc5)cc34)cccc21. The second-order valence-corrected chi connectivity index (χ2v) is 13.6. The van der Waals surface area contributed by atoms with E-state index in [4.69, 9.17) is 4.42 Å². The monoisotopic (exact) mass is 612 g/mol. The van der Waals surface area contributed by atoms with Crippen molar-refractivity contribution in [1.82, 2.24) is 0 Å². The van der Waals surface area contributed by atoms with Crippen molar-refractivity contribution in [3.8, 4) is 44.5 Å². The van der Waals surface area contributed by atoms with Gasteiger partial charge in [0.05, 0.1) is 0 Å². The summed E-state index contributed by atoms with van der Waals surface area (Å²) in [5, 5.41) is 7.22. The lowest BCUT2D eigenvalue weighted by molar-refractivity contribution is 0.660. The predicted octanol–water partition coefficient (Wildman–Crippen LogP) is 13.2. The van der Waals surface area contributed by atoms with E-state index in [-0.39, 0.29) is 5.41 Å². The summed E-state index contributed by atoms with van der Waals surface area (Å²) in [7, 11) is 0. The van der Waals surface area contributed by atoms with Gasteiger partial charge in [-0.05, 0) is 78.2 Å². The van der Waals surface area contributed by atoms with Gasteiger partial charge in [0, 0.05) is 27.3 Å². The van der Waals surface area contributed by atoms with Crippen LogP contribution in [-0.4, -0.2) is 0 Å². The second-order valence-electron chi connectivity index (χ2n) is 13.6. The minimum absolute atomic E-state index is 0.0837. The standard InChI is InChI=1S/C47H32O/c1-47(2)40-23-10-8-19-36(40)45-37(21-13-24-41(45)47)44-33-18-7-6-17-32(33)43(34-27-26-30(28-39(34)44)29-14-4-3-5-15-29)38-22-12-20-35-31-16-9-11-25-42(31)48-46(35)38/h3-28H,1-2H3. The Balaban J connectivity index is 1.38. The molecule has 48 heavy (non-hydrogen) atoms. The smallest absolute Gasteiger partial charge is 0.143 e. The molecule has 10 rings (SSSR count). The molecule has 8 aromatic carbocycles. The Hall–Kier alpha value is -5.92. The van der Waals surface area contributed by atoms with Crippen LogP contribution in [0.1, 0.15) is 25.0 Å². The van der Waals surface area contributed by atoms with Crippen LogP contribution in [0, 0.1) is 0 Å². The summed E-state index contributed by atoms with van der Waals surface area (Å²) in [6, 6.07) is 57.6. The Morgan fingerprint density at radius 3 is 1.79 bits per heavy atom. The highest BCUT2D eigenvalue weighted by molar-refractivity contribution is 6.25. The number of rotatable bonds is 3. The highest BCUT2D eigenvalue weighted by Gasteiger charge is 2.37. The van der Waals surface area contributed by atoms with Gasteiger partial charge in [-0.2, -0.15) is 0 Å². The van der Waals surface area contributed by atoms with E-state index in [9.17, 15) is 0 Å². The van der Waals surface area contributed by atoms with Crippen molar-refractivity contribution >= 4 is 43.5 Å². The van der Waals surface area contributed by atoms with Crippen molar-refractivity contribution in [1.29, 1.82) is 0 Å². The molecule has 0 bridgehead atoms. The van der Waals surface area contributed by atoms with Gasteiger partial charge in [0.1, 0.15) is 11.2 Å². The largest absolute Gasteiger partial charge is 0.455 e. The molecule has 0 unspecified atom stereocenters. The van der Waals surface area contributed by atoms with Crippen molar-refractivity contribution in [2.75, 3.05) is 0 Å². The molecule has 1 heterocycles. The number of benzene rings is 8. The van der Waals surface area contributed by atoms with Crippen LogP contribution in [0.15, 0.2) is 162 Å². The van der Waals surface area contributed by atoms with Gasteiger partial charge < -0.3 is 4.42 Å². The zero-order valence-electron chi connectivity index (χ0n) is 26.9. The van der Waals surface area contributed by atoms with Gasteiger partial charge in [-0.15, -0.1) is 0 Å². The summed E-state index contributed by atoms with van der Waals surface area (Å²) in [5.74, 6) is 0. The number of hydrogen-bond donors (Lipinski definition) is 0. The summed E-state index contributed by atoms with van der Waals surface area (Å²) in [4.78, 5) is 0. The molecule has 0 fully saturated rings. The highest BCUT2D eigenvalue weighted by Crippen LogP contribution is 2.55. The fourth-order valence-corrected chi connectivity index (χ4v) is 8.48. The Kier molecular flexibility index (Phi) is 5.69. The van der Waals surface area contributed by atoms with E-state index in [0.717, 1.165) is 27.5 Å². The lowest BCUT2D eigenvalue weighted by Crippen LogP contribution is -2.14. The lowest BCUT2D eigenvalue weighted by Gasteiger charge is -2.23. The second kappa shape index (κ2) is 10.0. The van der Waals surface area contributed by atoms with Gasteiger partial charge in [-0.1, -0.05) is 159 Å². The number of hydrogen-bond acceptors (Lipinski definition) is 1. The molecule has 1 heteroatoms. The minimum atomic E-state index is -0.0837. The van der Waals surface area contributed by atoms with Gasteiger partial charge in [0.25, 0.3) is 0 Å². The Morgan fingerprint density at radius 1 is 0.375 bits per heavy atom. The molecular weight excluding hydrogens is 581 g/mol. The van der Waals surface area contributed by atoms with Gasteiger partial charge in [-0.25, -0.2) is 0 Å². The van der Waals surface area contributed by atoms with Crippen LogP contribution in [0.5, 0.6) is 0 Å². The van der Waals surface area contributed by atoms with Gasteiger partial charge in [0.2, 0.25) is 0 Å². The van der Waals surface area contributed by atoms with Gasteiger partial charge >= 0.3 is 0 Å². The number of fused-ring (bicyclic) bond motifs is 8. The van der Waals surface area contributed by atoms with Crippen LogP contribution in [0.3, 0.4) is 0 Å². The molecule has 0 radical (unpaired) electrons. The third-order valence-electron chi connectivity index (χ3n) is 10.7. The quantitative estimate of drug-likeness (QED) is 0.181. The third kappa shape index (κ3) is 3.73. The molecule has 0 spiro atoms. The van der Waals surface area contributed by atoms with Crippen LogP contribution in [0.2, 0.25) is 0 Å².